The molecule has 3 rings (SSSR count). The number of urea groups is 1. The molecule has 29 heavy (non-hydrogen) atoms. The van der Waals surface area contributed by atoms with E-state index in [4.69, 9.17) is 0 Å². The fourth-order valence-corrected chi connectivity index (χ4v) is 3.04. The third-order valence-corrected chi connectivity index (χ3v) is 4.42. The van der Waals surface area contributed by atoms with Crippen molar-refractivity contribution in [2.45, 2.75) is 6.92 Å². The summed E-state index contributed by atoms with van der Waals surface area (Å²) in [5, 5.41) is 12.9. The Morgan fingerprint density at radius 1 is 1.24 bits per heavy atom. The number of carbonyl (C=O) groups excluding carboxylic acids is 1. The van der Waals surface area contributed by atoms with E-state index in [1.807, 2.05) is 0 Å². The van der Waals surface area contributed by atoms with Crippen LogP contribution in [0.25, 0.3) is 5.69 Å². The van der Waals surface area contributed by atoms with E-state index < -0.39 is 29.0 Å². The van der Waals surface area contributed by atoms with Gasteiger partial charge in [0.1, 0.15) is 11.4 Å². The molecule has 0 aliphatic heterocycles. The van der Waals surface area contributed by atoms with Crippen molar-refractivity contribution >= 4 is 33.9 Å². The maximum atomic E-state index is 12.9. The number of aryl methyl sites for hydroxylation is 1. The number of nitrogens with zero attached hydrogens (tertiary/aromatic N) is 2. The minimum Gasteiger partial charge on any atom is -0.493 e. The van der Waals surface area contributed by atoms with Crippen LogP contribution in [0.3, 0.4) is 0 Å². The molecular weight excluding hydrogens is 447 g/mol. The number of benzene rings is 2. The first-order valence-corrected chi connectivity index (χ1v) is 9.01. The van der Waals surface area contributed by atoms with Crippen LogP contribution >= 0.6 is 15.9 Å². The number of carbonyl (C=O) groups is 1. The number of aliphatic imine (C=N–C) groups is 1. The molecule has 10 heteroatoms. The zero-order valence-corrected chi connectivity index (χ0v) is 16.5. The van der Waals surface area contributed by atoms with Crippen LogP contribution in [-0.4, -0.2) is 26.9 Å². The molecule has 0 unspecified atom stereocenters. The number of aromatic hydroxyl groups is 1. The van der Waals surface area contributed by atoms with Crippen LogP contribution in [0, 0.1) is 12.7 Å². The highest BCUT2D eigenvalue weighted by molar-refractivity contribution is 9.10. The maximum Gasteiger partial charge on any atom is 0.345 e. The van der Waals surface area contributed by atoms with Crippen molar-refractivity contribution in [3.05, 3.63) is 84.7 Å². The molecular formula is C19H14BrFN4O4. The zero-order valence-electron chi connectivity index (χ0n) is 14.9. The molecule has 0 saturated heterocycles. The summed E-state index contributed by atoms with van der Waals surface area (Å²) in [5.74, 6) is -1.13. The smallest absolute Gasteiger partial charge is 0.345 e. The van der Waals surface area contributed by atoms with Crippen LogP contribution in [0.1, 0.15) is 11.1 Å². The molecule has 0 atom stereocenters. The van der Waals surface area contributed by atoms with Crippen molar-refractivity contribution in [2.75, 3.05) is 5.32 Å². The fourth-order valence-electron chi connectivity index (χ4n) is 2.56. The molecule has 148 valence electrons. The second kappa shape index (κ2) is 8.23. The number of hydrogen-bond donors (Lipinski definition) is 3. The van der Waals surface area contributed by atoms with Gasteiger partial charge in [-0.1, -0.05) is 15.9 Å². The first-order chi connectivity index (χ1) is 13.8. The molecule has 0 radical (unpaired) electrons. The van der Waals surface area contributed by atoms with Gasteiger partial charge in [-0.2, -0.15) is 0 Å². The van der Waals surface area contributed by atoms with Crippen molar-refractivity contribution < 1.29 is 14.3 Å². The summed E-state index contributed by atoms with van der Waals surface area (Å²) in [7, 11) is 0. The second-order valence-electron chi connectivity index (χ2n) is 5.96. The molecule has 2 aromatic carbocycles. The van der Waals surface area contributed by atoms with E-state index in [0.717, 1.165) is 27.4 Å². The third-order valence-electron chi connectivity index (χ3n) is 3.93. The van der Waals surface area contributed by atoms with Gasteiger partial charge >= 0.3 is 11.7 Å². The van der Waals surface area contributed by atoms with Crippen LogP contribution in [0.15, 0.2) is 61.5 Å². The number of halogens is 2. The monoisotopic (exact) mass is 460 g/mol. The average Bonchev–Trinajstić information content (AvgIpc) is 2.65. The van der Waals surface area contributed by atoms with E-state index >= 15 is 0 Å². The lowest BCUT2D eigenvalue weighted by molar-refractivity contribution is 0.259. The first kappa shape index (κ1) is 20.2. The zero-order chi connectivity index (χ0) is 21.1. The van der Waals surface area contributed by atoms with Gasteiger partial charge in [-0.05, 0) is 55.0 Å². The highest BCUT2D eigenvalue weighted by Gasteiger charge is 2.16. The van der Waals surface area contributed by atoms with Crippen molar-refractivity contribution in [1.82, 2.24) is 9.55 Å². The number of rotatable bonds is 3. The van der Waals surface area contributed by atoms with Gasteiger partial charge in [0.2, 0.25) is 5.88 Å². The Bertz CT molecular complexity index is 1230. The minimum absolute atomic E-state index is 0.294. The summed E-state index contributed by atoms with van der Waals surface area (Å²) in [6.07, 6.45) is 0.844. The number of aromatic amines is 1. The standard InChI is InChI=1S/C19H14BrFN4O4/c1-10-8-11(20)2-7-15(10)25-17(27)14(16(26)24-19(25)29)9-22-18(28)23-13-5-3-12(21)4-6-13/h2-9,27H,1H3,(H,23,28)(H,24,26,29). The van der Waals surface area contributed by atoms with E-state index in [1.54, 1.807) is 25.1 Å². The summed E-state index contributed by atoms with van der Waals surface area (Å²) < 4.78 is 14.6. The first-order valence-electron chi connectivity index (χ1n) is 8.21. The van der Waals surface area contributed by atoms with E-state index in [1.165, 1.54) is 12.1 Å². The van der Waals surface area contributed by atoms with Crippen LogP contribution in [0.4, 0.5) is 14.9 Å². The Kier molecular flexibility index (Phi) is 5.74. The molecule has 2 amide bonds. The molecule has 8 nitrogen and oxygen atoms in total. The summed E-state index contributed by atoms with van der Waals surface area (Å²) in [6, 6.07) is 9.12. The SMILES string of the molecule is Cc1cc(Br)ccc1-n1c(O)c(C=NC(=O)Nc2ccc(F)cc2)c(=O)[nH]c1=O. The summed E-state index contributed by atoms with van der Waals surface area (Å²) in [5.41, 5.74) is -0.830. The number of amides is 2. The normalized spacial score (nSPS) is 11.0. The van der Waals surface area contributed by atoms with Crippen LogP contribution in [0.5, 0.6) is 5.88 Å². The molecule has 0 saturated carbocycles. The Morgan fingerprint density at radius 2 is 1.93 bits per heavy atom. The number of nitrogens with one attached hydrogen (secondary N) is 2. The number of aromatic nitrogens is 2. The van der Waals surface area contributed by atoms with Gasteiger partial charge in [-0.3, -0.25) is 9.78 Å². The third kappa shape index (κ3) is 4.49. The molecule has 1 heterocycles. The van der Waals surface area contributed by atoms with Gasteiger partial charge in [-0.15, -0.1) is 0 Å². The number of anilines is 1. The van der Waals surface area contributed by atoms with Crippen LogP contribution in [-0.2, 0) is 0 Å². The average molecular weight is 461 g/mol. The molecule has 0 aliphatic carbocycles. The van der Waals surface area contributed by atoms with E-state index in [9.17, 15) is 23.9 Å². The topological polar surface area (TPSA) is 117 Å². The molecule has 0 spiro atoms. The Hall–Kier alpha value is -3.53. The molecule has 3 N–H and O–H groups in total. The van der Waals surface area contributed by atoms with Gasteiger partial charge in [-0.25, -0.2) is 23.5 Å². The molecule has 0 aliphatic rings. The molecule has 1 aromatic heterocycles. The van der Waals surface area contributed by atoms with Crippen molar-refractivity contribution in [1.29, 1.82) is 0 Å². The molecule has 3 aromatic rings. The summed E-state index contributed by atoms with van der Waals surface area (Å²) in [6.45, 7) is 1.72. The van der Waals surface area contributed by atoms with E-state index in [-0.39, 0.29) is 5.56 Å². The quantitative estimate of drug-likeness (QED) is 0.520. The van der Waals surface area contributed by atoms with Crippen molar-refractivity contribution in [3.63, 3.8) is 0 Å². The lowest BCUT2D eigenvalue weighted by Gasteiger charge is -2.12. The van der Waals surface area contributed by atoms with Crippen molar-refractivity contribution in [2.24, 2.45) is 4.99 Å². The Morgan fingerprint density at radius 3 is 2.59 bits per heavy atom. The van der Waals surface area contributed by atoms with Crippen molar-refractivity contribution in [3.8, 4) is 11.6 Å². The highest BCUT2D eigenvalue weighted by Crippen LogP contribution is 2.22. The maximum absolute atomic E-state index is 12.9. The number of H-pyrrole nitrogens is 1. The van der Waals surface area contributed by atoms with E-state index in [2.05, 4.69) is 31.2 Å². The van der Waals surface area contributed by atoms with Gasteiger partial charge in [0, 0.05) is 10.2 Å². The lowest BCUT2D eigenvalue weighted by atomic mass is 10.2. The Labute approximate surface area is 171 Å². The predicted octanol–water partition coefficient (Wildman–Crippen LogP) is 3.09. The van der Waals surface area contributed by atoms with E-state index in [0.29, 0.717) is 16.9 Å². The highest BCUT2D eigenvalue weighted by atomic mass is 79.9. The van der Waals surface area contributed by atoms with Gasteiger partial charge in [0.25, 0.3) is 5.56 Å². The molecule has 0 bridgehead atoms. The predicted molar refractivity (Wildman–Crippen MR) is 110 cm³/mol. The van der Waals surface area contributed by atoms with Crippen LogP contribution in [0.2, 0.25) is 0 Å². The Balaban J connectivity index is 1.96. The minimum atomic E-state index is -0.906. The van der Waals surface area contributed by atoms with Gasteiger partial charge in [0.15, 0.2) is 0 Å². The molecule has 0 fully saturated rings. The lowest BCUT2D eigenvalue weighted by Crippen LogP contribution is -2.31. The fraction of sp³-hybridized carbons (Fsp3) is 0.0526. The summed E-state index contributed by atoms with van der Waals surface area (Å²) >= 11 is 3.31. The number of hydrogen-bond acceptors (Lipinski definition) is 4. The summed E-state index contributed by atoms with van der Waals surface area (Å²) in [4.78, 5) is 41.9. The largest absolute Gasteiger partial charge is 0.493 e. The van der Waals surface area contributed by atoms with Gasteiger partial charge < -0.3 is 10.4 Å². The van der Waals surface area contributed by atoms with Gasteiger partial charge in [0.05, 0.1) is 11.9 Å². The second-order valence-corrected chi connectivity index (χ2v) is 6.87. The van der Waals surface area contributed by atoms with Crippen LogP contribution < -0.4 is 16.6 Å².